The van der Waals surface area contributed by atoms with E-state index < -0.39 is 40.5 Å². The van der Waals surface area contributed by atoms with Crippen molar-refractivity contribution in [2.24, 2.45) is 5.73 Å². The first kappa shape index (κ1) is 11.5. The minimum absolute atomic E-state index is 0.422. The predicted molar refractivity (Wildman–Crippen MR) is 47.0 cm³/mol. The monoisotopic (exact) mass is 218 g/mol. The van der Waals surface area contributed by atoms with Crippen LogP contribution >= 0.6 is 0 Å². The molecule has 0 aliphatic rings. The second-order valence-electron chi connectivity index (χ2n) is 2.80. The number of rotatable bonds is 3. The summed E-state index contributed by atoms with van der Waals surface area (Å²) in [4.78, 5) is 9.33. The van der Waals surface area contributed by atoms with Crippen molar-refractivity contribution in [3.8, 4) is 0 Å². The minimum atomic E-state index is -1.59. The fraction of sp³-hybridized carbons (Fsp3) is 0.250. The van der Waals surface area contributed by atoms with Gasteiger partial charge in [0.05, 0.1) is 16.6 Å². The minimum Gasteiger partial charge on any atom is -0.387 e. The van der Waals surface area contributed by atoms with Crippen LogP contribution in [0.15, 0.2) is 12.1 Å². The second-order valence-corrected chi connectivity index (χ2v) is 2.80. The normalized spacial score (nSPS) is 12.5. The summed E-state index contributed by atoms with van der Waals surface area (Å²) in [5, 5.41) is 19.5. The van der Waals surface area contributed by atoms with Gasteiger partial charge in [-0.15, -0.1) is 0 Å². The molecule has 3 N–H and O–H groups in total. The summed E-state index contributed by atoms with van der Waals surface area (Å²) in [6.07, 6.45) is -1.59. The number of nitro groups is 1. The van der Waals surface area contributed by atoms with Gasteiger partial charge in [0.1, 0.15) is 5.82 Å². The highest BCUT2D eigenvalue weighted by Gasteiger charge is 2.25. The topological polar surface area (TPSA) is 89.4 Å². The smallest absolute Gasteiger partial charge is 0.305 e. The fourth-order valence-corrected chi connectivity index (χ4v) is 1.12. The second kappa shape index (κ2) is 4.28. The van der Waals surface area contributed by atoms with Crippen LogP contribution in [0.4, 0.5) is 14.5 Å². The van der Waals surface area contributed by atoms with Crippen molar-refractivity contribution in [3.63, 3.8) is 0 Å². The maximum Gasteiger partial charge on any atom is 0.305 e. The summed E-state index contributed by atoms with van der Waals surface area (Å²) >= 11 is 0. The lowest BCUT2D eigenvalue weighted by Gasteiger charge is -2.09. The maximum absolute atomic E-state index is 13.3. The number of hydrogen-bond acceptors (Lipinski definition) is 4. The first-order valence-corrected chi connectivity index (χ1v) is 3.99. The third kappa shape index (κ3) is 2.08. The van der Waals surface area contributed by atoms with Crippen LogP contribution < -0.4 is 5.73 Å². The average molecular weight is 218 g/mol. The number of nitrogens with two attached hydrogens (primary N) is 1. The lowest BCUT2D eigenvalue weighted by molar-refractivity contribution is -0.387. The van der Waals surface area contributed by atoms with E-state index in [9.17, 15) is 18.9 Å². The molecule has 0 saturated heterocycles. The lowest BCUT2D eigenvalue weighted by atomic mass is 10.1. The summed E-state index contributed by atoms with van der Waals surface area (Å²) < 4.78 is 26.4. The zero-order chi connectivity index (χ0) is 11.6. The van der Waals surface area contributed by atoms with E-state index in [4.69, 9.17) is 10.8 Å². The zero-order valence-corrected chi connectivity index (χ0v) is 7.48. The van der Waals surface area contributed by atoms with Gasteiger partial charge in [-0.3, -0.25) is 10.1 Å². The van der Waals surface area contributed by atoms with Gasteiger partial charge in [0.15, 0.2) is 0 Å². The van der Waals surface area contributed by atoms with E-state index in [1.54, 1.807) is 0 Å². The van der Waals surface area contributed by atoms with E-state index in [-0.39, 0.29) is 0 Å². The Labute approximate surface area is 83.3 Å². The average Bonchev–Trinajstić information content (AvgIpc) is 2.16. The molecule has 0 fully saturated rings. The van der Waals surface area contributed by atoms with Crippen LogP contribution in [0.2, 0.25) is 0 Å². The molecule has 0 bridgehead atoms. The molecule has 1 aromatic rings. The highest BCUT2D eigenvalue weighted by molar-refractivity contribution is 5.38. The third-order valence-corrected chi connectivity index (χ3v) is 1.86. The molecule has 5 nitrogen and oxygen atoms in total. The molecule has 82 valence electrons. The van der Waals surface area contributed by atoms with Crippen molar-refractivity contribution in [2.75, 3.05) is 6.54 Å². The van der Waals surface area contributed by atoms with E-state index in [1.807, 2.05) is 0 Å². The first-order chi connectivity index (χ1) is 6.99. The van der Waals surface area contributed by atoms with E-state index in [0.717, 1.165) is 6.07 Å². The largest absolute Gasteiger partial charge is 0.387 e. The Morgan fingerprint density at radius 2 is 2.13 bits per heavy atom. The van der Waals surface area contributed by atoms with Crippen molar-refractivity contribution >= 4 is 5.69 Å². The van der Waals surface area contributed by atoms with Crippen molar-refractivity contribution < 1.29 is 18.8 Å². The Bertz CT molecular complexity index is 398. The number of halogens is 2. The number of nitrogens with zero attached hydrogens (tertiary/aromatic N) is 1. The Kier molecular flexibility index (Phi) is 3.28. The molecule has 0 aliphatic heterocycles. The van der Waals surface area contributed by atoms with Crippen molar-refractivity contribution in [1.29, 1.82) is 0 Å². The van der Waals surface area contributed by atoms with Crippen LogP contribution in [0.5, 0.6) is 0 Å². The predicted octanol–water partition coefficient (Wildman–Crippen LogP) is 0.865. The number of aliphatic hydroxyl groups is 1. The molecule has 15 heavy (non-hydrogen) atoms. The van der Waals surface area contributed by atoms with Gasteiger partial charge in [-0.05, 0) is 6.07 Å². The number of benzene rings is 1. The molecule has 0 saturated carbocycles. The molecule has 0 amide bonds. The van der Waals surface area contributed by atoms with Gasteiger partial charge in [-0.1, -0.05) is 0 Å². The molecule has 0 spiro atoms. The van der Waals surface area contributed by atoms with Gasteiger partial charge in [-0.25, -0.2) is 4.39 Å². The fourth-order valence-electron chi connectivity index (χ4n) is 1.12. The lowest BCUT2D eigenvalue weighted by Crippen LogP contribution is -2.15. The molecule has 0 aliphatic carbocycles. The van der Waals surface area contributed by atoms with Crippen LogP contribution in [0, 0.1) is 21.7 Å². The van der Waals surface area contributed by atoms with Gasteiger partial charge >= 0.3 is 5.69 Å². The quantitative estimate of drug-likeness (QED) is 0.581. The van der Waals surface area contributed by atoms with E-state index in [2.05, 4.69) is 0 Å². The Morgan fingerprint density at radius 1 is 1.53 bits per heavy atom. The summed E-state index contributed by atoms with van der Waals surface area (Å²) in [6, 6.07) is 1.41. The van der Waals surface area contributed by atoms with E-state index in [1.165, 1.54) is 0 Å². The number of aliphatic hydroxyl groups excluding tert-OH is 1. The molecule has 1 atom stereocenters. The van der Waals surface area contributed by atoms with Gasteiger partial charge in [-0.2, -0.15) is 4.39 Å². The SMILES string of the molecule is NCC(O)c1c(F)ccc([N+](=O)[O-])c1F. The van der Waals surface area contributed by atoms with Gasteiger partial charge < -0.3 is 10.8 Å². The van der Waals surface area contributed by atoms with Gasteiger partial charge in [0.25, 0.3) is 0 Å². The van der Waals surface area contributed by atoms with Crippen LogP contribution in [-0.4, -0.2) is 16.6 Å². The van der Waals surface area contributed by atoms with Crippen LogP contribution in [0.1, 0.15) is 11.7 Å². The van der Waals surface area contributed by atoms with Gasteiger partial charge in [0, 0.05) is 12.6 Å². The molecule has 0 aromatic heterocycles. The summed E-state index contributed by atoms with van der Waals surface area (Å²) in [6.45, 7) is -0.422. The van der Waals surface area contributed by atoms with Gasteiger partial charge in [0.2, 0.25) is 5.82 Å². The molecule has 1 aromatic carbocycles. The van der Waals surface area contributed by atoms with Crippen molar-refractivity contribution in [3.05, 3.63) is 39.4 Å². The number of hydrogen-bond donors (Lipinski definition) is 2. The van der Waals surface area contributed by atoms with E-state index >= 15 is 0 Å². The summed E-state index contributed by atoms with van der Waals surface area (Å²) in [7, 11) is 0. The van der Waals surface area contributed by atoms with Crippen LogP contribution in [-0.2, 0) is 0 Å². The molecular weight excluding hydrogens is 210 g/mol. The molecule has 1 unspecified atom stereocenters. The third-order valence-electron chi connectivity index (χ3n) is 1.86. The summed E-state index contributed by atoms with van der Waals surface area (Å²) in [5.41, 5.74) is 3.35. The Morgan fingerprint density at radius 3 is 2.60 bits per heavy atom. The standard InChI is InChI=1S/C8H8F2N2O3/c9-4-1-2-5(12(14)15)8(10)7(4)6(13)3-11/h1-2,6,13H,3,11H2. The van der Waals surface area contributed by atoms with Crippen LogP contribution in [0.25, 0.3) is 0 Å². The van der Waals surface area contributed by atoms with Crippen LogP contribution in [0.3, 0.4) is 0 Å². The molecule has 0 radical (unpaired) electrons. The molecular formula is C8H8F2N2O3. The highest BCUT2D eigenvalue weighted by atomic mass is 19.1. The Balaban J connectivity index is 3.36. The summed E-state index contributed by atoms with van der Waals surface area (Å²) in [5.74, 6) is -2.45. The molecule has 0 heterocycles. The maximum atomic E-state index is 13.3. The highest BCUT2D eigenvalue weighted by Crippen LogP contribution is 2.27. The molecule has 7 heteroatoms. The Hall–Kier alpha value is -1.60. The van der Waals surface area contributed by atoms with E-state index in [0.29, 0.717) is 6.07 Å². The molecule has 1 rings (SSSR count). The first-order valence-electron chi connectivity index (χ1n) is 3.99. The van der Waals surface area contributed by atoms with Crippen molar-refractivity contribution in [2.45, 2.75) is 6.10 Å². The number of nitro benzene ring substituents is 1. The van der Waals surface area contributed by atoms with Crippen molar-refractivity contribution in [1.82, 2.24) is 0 Å². The zero-order valence-electron chi connectivity index (χ0n) is 7.48.